The Labute approximate surface area is 92.1 Å². The molecule has 0 aliphatic heterocycles. The Kier molecular flexibility index (Phi) is 12.0. The van der Waals surface area contributed by atoms with Gasteiger partial charge in [-0.1, -0.05) is 26.8 Å². The van der Waals surface area contributed by atoms with Crippen LogP contribution in [0.1, 0.15) is 46.5 Å². The summed E-state index contributed by atoms with van der Waals surface area (Å²) in [5, 5.41) is 16.7. The van der Waals surface area contributed by atoms with Crippen molar-refractivity contribution < 1.29 is 15.0 Å². The number of hydrogen-bond acceptors (Lipinski definition) is 2. The summed E-state index contributed by atoms with van der Waals surface area (Å²) in [5.74, 6) is -0.833. The van der Waals surface area contributed by atoms with Gasteiger partial charge in [0.25, 0.3) is 5.97 Å². The van der Waals surface area contributed by atoms with Crippen molar-refractivity contribution in [2.24, 2.45) is 0 Å². The van der Waals surface area contributed by atoms with Gasteiger partial charge in [0.05, 0.1) is 6.10 Å². The first-order valence-corrected chi connectivity index (χ1v) is 5.23. The van der Waals surface area contributed by atoms with E-state index >= 15 is 0 Å². The minimum atomic E-state index is -0.833. The first kappa shape index (κ1) is 16.4. The van der Waals surface area contributed by atoms with Gasteiger partial charge in [-0.05, 0) is 18.4 Å². The maximum absolute atomic E-state index is 9.30. The summed E-state index contributed by atoms with van der Waals surface area (Å²) in [5.41, 5.74) is 4.03. The number of aliphatic carboxylic acids is 1. The van der Waals surface area contributed by atoms with E-state index in [1.807, 2.05) is 6.92 Å². The topological polar surface area (TPSA) is 57.5 Å². The summed E-state index contributed by atoms with van der Waals surface area (Å²) >= 11 is 0. The maximum atomic E-state index is 9.30. The fourth-order valence-electron chi connectivity index (χ4n) is 0.993. The molecule has 1 atom stereocenters. The predicted molar refractivity (Wildman–Crippen MR) is 61.8 cm³/mol. The van der Waals surface area contributed by atoms with Crippen LogP contribution in [0.4, 0.5) is 0 Å². The molecule has 88 valence electrons. The summed E-state index contributed by atoms with van der Waals surface area (Å²) in [6.45, 7) is 8.78. The first-order chi connectivity index (χ1) is 6.97. The lowest BCUT2D eigenvalue weighted by Gasteiger charge is -2.08. The van der Waals surface area contributed by atoms with E-state index in [0.29, 0.717) is 0 Å². The van der Waals surface area contributed by atoms with E-state index in [2.05, 4.69) is 19.2 Å². The van der Waals surface area contributed by atoms with Crippen molar-refractivity contribution in [3.05, 3.63) is 17.9 Å². The van der Waals surface area contributed by atoms with Crippen molar-refractivity contribution in [3.8, 4) is 0 Å². The van der Waals surface area contributed by atoms with Gasteiger partial charge < -0.3 is 10.2 Å². The Morgan fingerprint density at radius 3 is 2.20 bits per heavy atom. The van der Waals surface area contributed by atoms with Gasteiger partial charge in [0.15, 0.2) is 0 Å². The van der Waals surface area contributed by atoms with Crippen LogP contribution in [0.2, 0.25) is 0 Å². The molecule has 15 heavy (non-hydrogen) atoms. The fourth-order valence-corrected chi connectivity index (χ4v) is 0.993. The van der Waals surface area contributed by atoms with Crippen LogP contribution < -0.4 is 0 Å². The average Bonchev–Trinajstić information content (AvgIpc) is 2.16. The Morgan fingerprint density at radius 1 is 1.47 bits per heavy atom. The van der Waals surface area contributed by atoms with E-state index in [1.54, 1.807) is 0 Å². The Balaban J connectivity index is 0. The molecular formula is C12H22O3. The molecule has 0 fully saturated rings. The number of carboxylic acid groups (broad SMARTS) is 1. The SMILES string of the molecule is C=C=C(CCC)C[C@H](O)CC.CC(=O)O. The zero-order chi connectivity index (χ0) is 12.3. The quantitative estimate of drug-likeness (QED) is 0.692. The van der Waals surface area contributed by atoms with Crippen molar-refractivity contribution >= 4 is 5.97 Å². The van der Waals surface area contributed by atoms with Crippen LogP contribution in [0.3, 0.4) is 0 Å². The highest BCUT2D eigenvalue weighted by Crippen LogP contribution is 2.12. The molecular weight excluding hydrogens is 192 g/mol. The van der Waals surface area contributed by atoms with Gasteiger partial charge in [-0.25, -0.2) is 0 Å². The maximum Gasteiger partial charge on any atom is 0.300 e. The minimum absolute atomic E-state index is 0.203. The van der Waals surface area contributed by atoms with Crippen LogP contribution in [0.15, 0.2) is 17.9 Å². The van der Waals surface area contributed by atoms with Crippen LogP contribution in [-0.4, -0.2) is 22.3 Å². The lowest BCUT2D eigenvalue weighted by atomic mass is 10.0. The lowest BCUT2D eigenvalue weighted by Crippen LogP contribution is -2.05. The van der Waals surface area contributed by atoms with E-state index in [-0.39, 0.29) is 6.10 Å². The van der Waals surface area contributed by atoms with E-state index < -0.39 is 5.97 Å². The van der Waals surface area contributed by atoms with Crippen molar-refractivity contribution in [1.29, 1.82) is 0 Å². The van der Waals surface area contributed by atoms with Crippen LogP contribution >= 0.6 is 0 Å². The molecule has 0 saturated heterocycles. The van der Waals surface area contributed by atoms with Crippen LogP contribution in [0, 0.1) is 0 Å². The lowest BCUT2D eigenvalue weighted by molar-refractivity contribution is -0.134. The highest BCUT2D eigenvalue weighted by atomic mass is 16.4. The number of aliphatic hydroxyl groups excluding tert-OH is 1. The number of carboxylic acids is 1. The molecule has 0 aliphatic rings. The van der Waals surface area contributed by atoms with Crippen molar-refractivity contribution in [2.45, 2.75) is 52.6 Å². The third-order valence-electron chi connectivity index (χ3n) is 1.76. The van der Waals surface area contributed by atoms with E-state index in [1.165, 1.54) is 0 Å². The summed E-state index contributed by atoms with van der Waals surface area (Å²) in [7, 11) is 0. The van der Waals surface area contributed by atoms with Gasteiger partial charge in [-0.3, -0.25) is 4.79 Å². The molecule has 0 heterocycles. The fraction of sp³-hybridized carbons (Fsp3) is 0.667. The van der Waals surface area contributed by atoms with Crippen molar-refractivity contribution in [2.75, 3.05) is 0 Å². The van der Waals surface area contributed by atoms with E-state index in [4.69, 9.17) is 9.90 Å². The van der Waals surface area contributed by atoms with Gasteiger partial charge in [-0.15, -0.1) is 5.73 Å². The van der Waals surface area contributed by atoms with E-state index in [9.17, 15) is 5.11 Å². The van der Waals surface area contributed by atoms with Gasteiger partial charge in [0, 0.05) is 13.3 Å². The molecule has 0 amide bonds. The largest absolute Gasteiger partial charge is 0.481 e. The molecule has 0 saturated carbocycles. The highest BCUT2D eigenvalue weighted by Gasteiger charge is 2.03. The number of rotatable bonds is 5. The third kappa shape index (κ3) is 15.7. The zero-order valence-electron chi connectivity index (χ0n) is 9.92. The third-order valence-corrected chi connectivity index (χ3v) is 1.76. The van der Waals surface area contributed by atoms with Gasteiger partial charge in [0.2, 0.25) is 0 Å². The second kappa shape index (κ2) is 11.0. The van der Waals surface area contributed by atoms with Crippen LogP contribution in [-0.2, 0) is 4.79 Å². The normalized spacial score (nSPS) is 10.7. The van der Waals surface area contributed by atoms with Gasteiger partial charge >= 0.3 is 0 Å². The Morgan fingerprint density at radius 2 is 1.93 bits per heavy atom. The first-order valence-electron chi connectivity index (χ1n) is 5.23. The van der Waals surface area contributed by atoms with Crippen LogP contribution in [0.25, 0.3) is 0 Å². The van der Waals surface area contributed by atoms with Gasteiger partial charge in [-0.2, -0.15) is 0 Å². The minimum Gasteiger partial charge on any atom is -0.481 e. The molecule has 0 bridgehead atoms. The summed E-state index contributed by atoms with van der Waals surface area (Å²) in [6.07, 6.45) is 3.48. The summed E-state index contributed by atoms with van der Waals surface area (Å²) in [4.78, 5) is 9.00. The van der Waals surface area contributed by atoms with E-state index in [0.717, 1.165) is 38.2 Å². The monoisotopic (exact) mass is 214 g/mol. The molecule has 3 nitrogen and oxygen atoms in total. The Bertz CT molecular complexity index is 211. The smallest absolute Gasteiger partial charge is 0.300 e. The van der Waals surface area contributed by atoms with Gasteiger partial charge in [0.1, 0.15) is 0 Å². The molecule has 0 aromatic heterocycles. The second-order valence-corrected chi connectivity index (χ2v) is 3.32. The number of hydrogen-bond donors (Lipinski definition) is 2. The second-order valence-electron chi connectivity index (χ2n) is 3.32. The molecule has 0 unspecified atom stereocenters. The Hall–Kier alpha value is -1.05. The summed E-state index contributed by atoms with van der Waals surface area (Å²) < 4.78 is 0. The average molecular weight is 214 g/mol. The zero-order valence-corrected chi connectivity index (χ0v) is 9.92. The molecule has 0 rings (SSSR count). The summed E-state index contributed by atoms with van der Waals surface area (Å²) in [6, 6.07) is 0. The van der Waals surface area contributed by atoms with Crippen molar-refractivity contribution in [1.82, 2.24) is 0 Å². The highest BCUT2D eigenvalue weighted by molar-refractivity contribution is 5.62. The molecule has 0 aromatic carbocycles. The molecule has 0 aromatic rings. The molecule has 2 N–H and O–H groups in total. The predicted octanol–water partition coefficient (Wildman–Crippen LogP) is 2.75. The molecule has 0 radical (unpaired) electrons. The molecule has 0 spiro atoms. The number of carbonyl (C=O) groups is 1. The number of aliphatic hydroxyl groups is 1. The van der Waals surface area contributed by atoms with Crippen molar-refractivity contribution in [3.63, 3.8) is 0 Å². The standard InChI is InChI=1S/C10H18O.C2H4O2/c1-4-7-9(5-2)8-10(11)6-3;1-2(3)4/h10-11H,2,4,6-8H2,1,3H3;1H3,(H,3,4)/t10-;/m1./s1. The van der Waals surface area contributed by atoms with Crippen LogP contribution in [0.5, 0.6) is 0 Å². The molecule has 0 aliphatic carbocycles. The molecule has 3 heteroatoms.